The van der Waals surface area contributed by atoms with E-state index >= 15 is 0 Å². The van der Waals surface area contributed by atoms with Crippen molar-refractivity contribution in [3.8, 4) is 11.8 Å². The SMILES string of the molecule is CCCC#CCCCCSC. The van der Waals surface area contributed by atoms with Gasteiger partial charge in [0.1, 0.15) is 0 Å². The van der Waals surface area contributed by atoms with Crippen molar-refractivity contribution in [2.24, 2.45) is 0 Å². The molecule has 0 aromatic rings. The van der Waals surface area contributed by atoms with E-state index in [-0.39, 0.29) is 0 Å². The molecule has 0 aliphatic heterocycles. The molecule has 0 saturated heterocycles. The van der Waals surface area contributed by atoms with Crippen LogP contribution < -0.4 is 0 Å². The highest BCUT2D eigenvalue weighted by atomic mass is 32.2. The average molecular weight is 170 g/mol. The van der Waals surface area contributed by atoms with E-state index in [0.29, 0.717) is 0 Å². The zero-order valence-electron chi connectivity index (χ0n) is 7.65. The molecular formula is C10H18S. The molecule has 64 valence electrons. The standard InChI is InChI=1S/C10H18S/c1-3-4-5-6-7-8-9-10-11-2/h3-4,7-10H2,1-2H3. The lowest BCUT2D eigenvalue weighted by Crippen LogP contribution is -1.77. The molecule has 0 aliphatic rings. The van der Waals surface area contributed by atoms with Gasteiger partial charge in [0, 0.05) is 12.8 Å². The summed E-state index contributed by atoms with van der Waals surface area (Å²) in [6.45, 7) is 2.17. The van der Waals surface area contributed by atoms with E-state index in [1.54, 1.807) is 0 Å². The van der Waals surface area contributed by atoms with Gasteiger partial charge in [0.05, 0.1) is 0 Å². The maximum absolute atomic E-state index is 3.19. The van der Waals surface area contributed by atoms with E-state index in [1.165, 1.54) is 25.0 Å². The van der Waals surface area contributed by atoms with Crippen LogP contribution in [0.2, 0.25) is 0 Å². The van der Waals surface area contributed by atoms with Gasteiger partial charge < -0.3 is 0 Å². The summed E-state index contributed by atoms with van der Waals surface area (Å²) in [5.41, 5.74) is 0. The maximum atomic E-state index is 3.19. The highest BCUT2D eigenvalue weighted by Crippen LogP contribution is 2.01. The van der Waals surface area contributed by atoms with Gasteiger partial charge in [0.2, 0.25) is 0 Å². The van der Waals surface area contributed by atoms with Gasteiger partial charge in [-0.25, -0.2) is 0 Å². The van der Waals surface area contributed by atoms with Crippen LogP contribution in [0.3, 0.4) is 0 Å². The molecule has 0 rings (SSSR count). The first-order valence-corrected chi connectivity index (χ1v) is 5.75. The highest BCUT2D eigenvalue weighted by molar-refractivity contribution is 7.98. The van der Waals surface area contributed by atoms with Crippen molar-refractivity contribution in [2.45, 2.75) is 39.0 Å². The Kier molecular flexibility index (Phi) is 9.83. The molecule has 11 heavy (non-hydrogen) atoms. The molecule has 0 atom stereocenters. The lowest BCUT2D eigenvalue weighted by atomic mass is 10.2. The molecule has 0 spiro atoms. The molecule has 1 heteroatoms. The fourth-order valence-corrected chi connectivity index (χ4v) is 1.25. The second kappa shape index (κ2) is 9.91. The summed E-state index contributed by atoms with van der Waals surface area (Å²) in [7, 11) is 0. The van der Waals surface area contributed by atoms with Crippen molar-refractivity contribution >= 4 is 11.8 Å². The van der Waals surface area contributed by atoms with E-state index in [2.05, 4.69) is 25.0 Å². The number of unbranched alkanes of at least 4 members (excludes halogenated alkanes) is 3. The van der Waals surface area contributed by atoms with Crippen LogP contribution in [0.25, 0.3) is 0 Å². The van der Waals surface area contributed by atoms with Crippen molar-refractivity contribution in [3.05, 3.63) is 0 Å². The zero-order valence-corrected chi connectivity index (χ0v) is 8.47. The van der Waals surface area contributed by atoms with Gasteiger partial charge in [-0.05, 0) is 31.3 Å². The quantitative estimate of drug-likeness (QED) is 0.450. The van der Waals surface area contributed by atoms with Crippen LogP contribution in [-0.4, -0.2) is 12.0 Å². The van der Waals surface area contributed by atoms with E-state index in [0.717, 1.165) is 12.8 Å². The van der Waals surface area contributed by atoms with Gasteiger partial charge in [0.25, 0.3) is 0 Å². The summed E-state index contributed by atoms with van der Waals surface area (Å²) >= 11 is 1.92. The molecule has 0 amide bonds. The lowest BCUT2D eigenvalue weighted by molar-refractivity contribution is 0.835. The fourth-order valence-electron chi connectivity index (χ4n) is 0.762. The van der Waals surface area contributed by atoms with Crippen LogP contribution in [0.4, 0.5) is 0 Å². The third kappa shape index (κ3) is 9.91. The van der Waals surface area contributed by atoms with Crippen LogP contribution in [0.5, 0.6) is 0 Å². The molecule has 0 radical (unpaired) electrons. The summed E-state index contributed by atoms with van der Waals surface area (Å²) in [4.78, 5) is 0. The van der Waals surface area contributed by atoms with Crippen molar-refractivity contribution in [1.82, 2.24) is 0 Å². The first kappa shape index (κ1) is 10.9. The molecule has 0 nitrogen and oxygen atoms in total. The first-order valence-electron chi connectivity index (χ1n) is 4.36. The molecular weight excluding hydrogens is 152 g/mol. The number of rotatable bonds is 5. The van der Waals surface area contributed by atoms with Gasteiger partial charge in [-0.15, -0.1) is 11.8 Å². The normalized spacial score (nSPS) is 8.91. The van der Waals surface area contributed by atoms with Gasteiger partial charge in [-0.1, -0.05) is 6.92 Å². The molecule has 0 N–H and O–H groups in total. The van der Waals surface area contributed by atoms with Crippen LogP contribution in [0.1, 0.15) is 39.0 Å². The molecule has 0 bridgehead atoms. The monoisotopic (exact) mass is 170 g/mol. The van der Waals surface area contributed by atoms with Crippen molar-refractivity contribution in [1.29, 1.82) is 0 Å². The van der Waals surface area contributed by atoms with Gasteiger partial charge >= 0.3 is 0 Å². The molecule has 0 aromatic heterocycles. The first-order chi connectivity index (χ1) is 5.41. The Hall–Kier alpha value is -0.0900. The molecule has 0 heterocycles. The van der Waals surface area contributed by atoms with E-state index in [1.807, 2.05) is 11.8 Å². The smallest absolute Gasteiger partial charge is 0.00889 e. The Labute approximate surface area is 75.1 Å². The Morgan fingerprint density at radius 3 is 2.45 bits per heavy atom. The number of hydrogen-bond acceptors (Lipinski definition) is 1. The molecule has 0 unspecified atom stereocenters. The minimum atomic E-state index is 1.07. The van der Waals surface area contributed by atoms with E-state index in [9.17, 15) is 0 Å². The predicted octanol–water partition coefficient (Wildman–Crippen LogP) is 3.32. The largest absolute Gasteiger partial charge is 0.165 e. The second-order valence-corrected chi connectivity index (χ2v) is 3.54. The molecule has 0 aromatic carbocycles. The Morgan fingerprint density at radius 1 is 1.09 bits per heavy atom. The molecule has 0 fully saturated rings. The molecule has 0 aliphatic carbocycles. The van der Waals surface area contributed by atoms with Gasteiger partial charge in [0.15, 0.2) is 0 Å². The Balaban J connectivity index is 2.96. The van der Waals surface area contributed by atoms with Gasteiger partial charge in [-0.3, -0.25) is 0 Å². The molecule has 0 saturated carbocycles. The van der Waals surface area contributed by atoms with Crippen LogP contribution in [-0.2, 0) is 0 Å². The third-order valence-electron chi connectivity index (χ3n) is 1.40. The van der Waals surface area contributed by atoms with Crippen LogP contribution in [0.15, 0.2) is 0 Å². The van der Waals surface area contributed by atoms with Crippen molar-refractivity contribution in [3.63, 3.8) is 0 Å². The number of thioether (sulfide) groups is 1. The second-order valence-electron chi connectivity index (χ2n) is 2.55. The van der Waals surface area contributed by atoms with E-state index in [4.69, 9.17) is 0 Å². The summed E-state index contributed by atoms with van der Waals surface area (Å²) in [5, 5.41) is 0. The Morgan fingerprint density at radius 2 is 1.82 bits per heavy atom. The topological polar surface area (TPSA) is 0 Å². The Bertz CT molecular complexity index is 119. The summed E-state index contributed by atoms with van der Waals surface area (Å²) < 4.78 is 0. The van der Waals surface area contributed by atoms with E-state index < -0.39 is 0 Å². The third-order valence-corrected chi connectivity index (χ3v) is 2.10. The van der Waals surface area contributed by atoms with Gasteiger partial charge in [-0.2, -0.15) is 11.8 Å². The summed E-state index contributed by atoms with van der Waals surface area (Å²) in [5.74, 6) is 7.63. The van der Waals surface area contributed by atoms with Crippen LogP contribution in [0, 0.1) is 11.8 Å². The van der Waals surface area contributed by atoms with Crippen LogP contribution >= 0.6 is 11.8 Å². The maximum Gasteiger partial charge on any atom is 0.00889 e. The summed E-state index contributed by atoms with van der Waals surface area (Å²) in [6.07, 6.45) is 8.11. The fraction of sp³-hybridized carbons (Fsp3) is 0.800. The predicted molar refractivity (Wildman–Crippen MR) is 54.9 cm³/mol. The number of hydrogen-bond donors (Lipinski definition) is 0. The summed E-state index contributed by atoms with van der Waals surface area (Å²) in [6, 6.07) is 0. The average Bonchev–Trinajstić information content (AvgIpc) is 2.03. The minimum Gasteiger partial charge on any atom is -0.165 e. The zero-order chi connectivity index (χ0) is 8.36. The van der Waals surface area contributed by atoms with Crippen molar-refractivity contribution in [2.75, 3.05) is 12.0 Å². The lowest BCUT2D eigenvalue weighted by Gasteiger charge is -1.91. The van der Waals surface area contributed by atoms with Crippen molar-refractivity contribution < 1.29 is 0 Å². The highest BCUT2D eigenvalue weighted by Gasteiger charge is 1.83. The minimum absolute atomic E-state index is 1.07.